The molecule has 2 atom stereocenters. The Kier molecular flexibility index (Phi) is 6.17. The molecular weight excluding hydrogens is 456 g/mol. The van der Waals surface area contributed by atoms with Crippen LogP contribution in [0, 0.1) is 13.8 Å². The standard InChI is InChI=1S/C28H28N4O2S/c1-18-16-22(19(2)31(18)20-10-9-11-21(17-20)33-3)27-26(23-12-7-8-15-29-23)30-28(35)32(27)24-13-5-6-14-25(24)34-4/h5-17,26-27H,1-4H3,(H,30,35)/t26-,27+/m0/s1. The van der Waals surface area contributed by atoms with Gasteiger partial charge in [0.25, 0.3) is 0 Å². The summed E-state index contributed by atoms with van der Waals surface area (Å²) >= 11 is 5.90. The van der Waals surface area contributed by atoms with Crippen molar-refractivity contribution in [2.45, 2.75) is 25.9 Å². The van der Waals surface area contributed by atoms with Gasteiger partial charge >= 0.3 is 0 Å². The summed E-state index contributed by atoms with van der Waals surface area (Å²) in [7, 11) is 3.37. The van der Waals surface area contributed by atoms with Gasteiger partial charge in [-0.2, -0.15) is 0 Å². The number of thiocarbonyl (C=S) groups is 1. The number of aromatic nitrogens is 2. The van der Waals surface area contributed by atoms with Crippen LogP contribution in [-0.2, 0) is 0 Å². The van der Waals surface area contributed by atoms with Crippen LogP contribution in [0.1, 0.15) is 34.7 Å². The summed E-state index contributed by atoms with van der Waals surface area (Å²) in [6, 6.07) is 24.1. The van der Waals surface area contributed by atoms with Crippen LogP contribution in [0.25, 0.3) is 5.69 Å². The van der Waals surface area contributed by atoms with Crippen molar-refractivity contribution in [3.8, 4) is 17.2 Å². The van der Waals surface area contributed by atoms with Gasteiger partial charge in [0.1, 0.15) is 11.5 Å². The van der Waals surface area contributed by atoms with Crippen molar-refractivity contribution in [2.75, 3.05) is 19.1 Å². The van der Waals surface area contributed by atoms with E-state index in [-0.39, 0.29) is 12.1 Å². The summed E-state index contributed by atoms with van der Waals surface area (Å²) < 4.78 is 13.5. The van der Waals surface area contributed by atoms with Gasteiger partial charge in [0.05, 0.1) is 37.7 Å². The van der Waals surface area contributed by atoms with Crippen LogP contribution in [0.5, 0.6) is 11.5 Å². The highest BCUT2D eigenvalue weighted by Crippen LogP contribution is 2.46. The van der Waals surface area contributed by atoms with Crippen molar-refractivity contribution in [2.24, 2.45) is 0 Å². The van der Waals surface area contributed by atoms with Crippen molar-refractivity contribution in [1.82, 2.24) is 14.9 Å². The number of nitrogens with zero attached hydrogens (tertiary/aromatic N) is 3. The van der Waals surface area contributed by atoms with Crippen molar-refractivity contribution in [3.63, 3.8) is 0 Å². The molecule has 1 fully saturated rings. The van der Waals surface area contributed by atoms with Gasteiger partial charge in [0.15, 0.2) is 5.11 Å². The summed E-state index contributed by atoms with van der Waals surface area (Å²) in [6.07, 6.45) is 1.82. The van der Waals surface area contributed by atoms with Gasteiger partial charge in [0.2, 0.25) is 0 Å². The van der Waals surface area contributed by atoms with Crippen molar-refractivity contribution >= 4 is 23.0 Å². The van der Waals surface area contributed by atoms with Crippen LogP contribution >= 0.6 is 12.2 Å². The van der Waals surface area contributed by atoms with Crippen LogP contribution in [0.15, 0.2) is 79.0 Å². The molecule has 2 aromatic heterocycles. The molecule has 1 aliphatic heterocycles. The molecule has 0 amide bonds. The number of hydrogen-bond acceptors (Lipinski definition) is 4. The first-order valence-corrected chi connectivity index (χ1v) is 11.9. The number of rotatable bonds is 6. The van der Waals surface area contributed by atoms with E-state index < -0.39 is 0 Å². The van der Waals surface area contributed by atoms with Gasteiger partial charge in [-0.3, -0.25) is 4.98 Å². The maximum absolute atomic E-state index is 5.90. The van der Waals surface area contributed by atoms with Gasteiger partial charge in [-0.05, 0) is 74.1 Å². The molecule has 0 radical (unpaired) electrons. The highest BCUT2D eigenvalue weighted by Gasteiger charge is 2.43. The molecule has 0 unspecified atom stereocenters. The smallest absolute Gasteiger partial charge is 0.174 e. The predicted octanol–water partition coefficient (Wildman–Crippen LogP) is 5.68. The highest BCUT2D eigenvalue weighted by atomic mass is 32.1. The third-order valence-corrected chi connectivity index (χ3v) is 6.86. The molecule has 7 heteroatoms. The molecule has 2 aromatic carbocycles. The number of aryl methyl sites for hydroxylation is 1. The number of hydrogen-bond donors (Lipinski definition) is 1. The first-order chi connectivity index (χ1) is 17.0. The van der Waals surface area contributed by atoms with Crippen molar-refractivity contribution < 1.29 is 9.47 Å². The number of nitrogens with one attached hydrogen (secondary N) is 1. The third kappa shape index (κ3) is 4.02. The van der Waals surface area contributed by atoms with Crippen LogP contribution in [-0.4, -0.2) is 28.9 Å². The monoisotopic (exact) mass is 484 g/mol. The molecule has 0 aliphatic carbocycles. The largest absolute Gasteiger partial charge is 0.497 e. The molecule has 6 nitrogen and oxygen atoms in total. The number of benzene rings is 2. The highest BCUT2D eigenvalue weighted by molar-refractivity contribution is 7.80. The zero-order chi connectivity index (χ0) is 24.5. The average molecular weight is 485 g/mol. The summed E-state index contributed by atoms with van der Waals surface area (Å²) in [5.74, 6) is 1.59. The summed E-state index contributed by atoms with van der Waals surface area (Å²) in [5.41, 5.74) is 6.33. The fourth-order valence-electron chi connectivity index (χ4n) is 4.99. The van der Waals surface area contributed by atoms with E-state index in [9.17, 15) is 0 Å². The number of methoxy groups -OCH3 is 2. The maximum atomic E-state index is 5.90. The Bertz CT molecular complexity index is 1370. The van der Waals surface area contributed by atoms with E-state index in [1.807, 2.05) is 60.8 Å². The Hall–Kier alpha value is -3.84. The summed E-state index contributed by atoms with van der Waals surface area (Å²) in [5, 5.41) is 4.18. The van der Waals surface area contributed by atoms with E-state index in [0.717, 1.165) is 40.0 Å². The molecule has 4 aromatic rings. The number of ether oxygens (including phenoxy) is 2. The molecule has 178 valence electrons. The summed E-state index contributed by atoms with van der Waals surface area (Å²) in [4.78, 5) is 6.84. The van der Waals surface area contributed by atoms with E-state index in [0.29, 0.717) is 5.11 Å². The number of para-hydroxylation sites is 2. The van der Waals surface area contributed by atoms with E-state index in [1.54, 1.807) is 14.2 Å². The van der Waals surface area contributed by atoms with Crippen LogP contribution in [0.2, 0.25) is 0 Å². The van der Waals surface area contributed by atoms with Gasteiger partial charge < -0.3 is 24.3 Å². The minimum atomic E-state index is -0.132. The van der Waals surface area contributed by atoms with Gasteiger partial charge in [-0.25, -0.2) is 0 Å². The molecule has 1 aliphatic rings. The zero-order valence-corrected chi connectivity index (χ0v) is 21.0. The molecule has 0 saturated carbocycles. The SMILES string of the molecule is COc1cccc(-n2c(C)cc([C@@H]3[C@H](c4ccccn4)NC(=S)N3c3ccccc3OC)c2C)c1. The Morgan fingerprint density at radius 1 is 0.914 bits per heavy atom. The lowest BCUT2D eigenvalue weighted by molar-refractivity contribution is 0.414. The van der Waals surface area contributed by atoms with E-state index in [1.165, 1.54) is 5.56 Å². The van der Waals surface area contributed by atoms with E-state index in [4.69, 9.17) is 21.7 Å². The fourth-order valence-corrected chi connectivity index (χ4v) is 5.33. The van der Waals surface area contributed by atoms with Crippen molar-refractivity contribution in [3.05, 3.63) is 102 Å². The molecule has 35 heavy (non-hydrogen) atoms. The first kappa shape index (κ1) is 22.9. The number of pyridine rings is 1. The molecule has 0 spiro atoms. The fraction of sp³-hybridized carbons (Fsp3) is 0.214. The Morgan fingerprint density at radius 3 is 2.46 bits per heavy atom. The van der Waals surface area contributed by atoms with E-state index in [2.05, 4.69) is 51.8 Å². The summed E-state index contributed by atoms with van der Waals surface area (Å²) in [6.45, 7) is 4.28. The minimum Gasteiger partial charge on any atom is -0.497 e. The molecule has 5 rings (SSSR count). The third-order valence-electron chi connectivity index (χ3n) is 6.54. The molecular formula is C28H28N4O2S. The lowest BCUT2D eigenvalue weighted by Gasteiger charge is -2.29. The van der Waals surface area contributed by atoms with Crippen LogP contribution in [0.4, 0.5) is 5.69 Å². The first-order valence-electron chi connectivity index (χ1n) is 11.5. The second-order valence-electron chi connectivity index (χ2n) is 8.53. The molecule has 3 heterocycles. The second-order valence-corrected chi connectivity index (χ2v) is 8.92. The Labute approximate surface area is 211 Å². The van der Waals surface area contributed by atoms with Gasteiger partial charge in [0, 0.05) is 29.3 Å². The molecule has 0 bridgehead atoms. The maximum Gasteiger partial charge on any atom is 0.174 e. The average Bonchev–Trinajstić information content (AvgIpc) is 3.39. The molecule has 1 saturated heterocycles. The normalized spacial score (nSPS) is 17.4. The van der Waals surface area contributed by atoms with Gasteiger partial charge in [-0.1, -0.05) is 24.3 Å². The van der Waals surface area contributed by atoms with Crippen LogP contribution < -0.4 is 19.7 Å². The quantitative estimate of drug-likeness (QED) is 0.355. The lowest BCUT2D eigenvalue weighted by Crippen LogP contribution is -2.30. The van der Waals surface area contributed by atoms with Crippen molar-refractivity contribution in [1.29, 1.82) is 0 Å². The van der Waals surface area contributed by atoms with Crippen LogP contribution in [0.3, 0.4) is 0 Å². The second kappa shape index (κ2) is 9.43. The number of anilines is 1. The Balaban J connectivity index is 1.70. The van der Waals surface area contributed by atoms with Gasteiger partial charge in [-0.15, -0.1) is 0 Å². The zero-order valence-electron chi connectivity index (χ0n) is 20.2. The molecule has 1 N–H and O–H groups in total. The lowest BCUT2D eigenvalue weighted by atomic mass is 9.96. The van der Waals surface area contributed by atoms with E-state index >= 15 is 0 Å². The predicted molar refractivity (Wildman–Crippen MR) is 143 cm³/mol. The topological polar surface area (TPSA) is 51.5 Å². The Morgan fingerprint density at radius 2 is 1.71 bits per heavy atom. The minimum absolute atomic E-state index is 0.126.